The molecule has 0 saturated heterocycles. The van der Waals surface area contributed by atoms with Crippen LogP contribution in [0.5, 0.6) is 0 Å². The van der Waals surface area contributed by atoms with Crippen molar-refractivity contribution in [1.29, 1.82) is 0 Å². The maximum Gasteiger partial charge on any atom is 0.348 e. The van der Waals surface area contributed by atoms with Crippen LogP contribution in [0, 0.1) is 0 Å². The first-order valence-corrected chi connectivity index (χ1v) is 6.45. The monoisotopic (exact) mass is 200 g/mol. The maximum atomic E-state index is 13.3. The molecule has 0 rings (SSSR count). The van der Waals surface area contributed by atoms with E-state index in [-0.39, 0.29) is 0 Å². The molecule has 0 aliphatic rings. The van der Waals surface area contributed by atoms with Crippen LogP contribution in [0.15, 0.2) is 0 Å². The smallest absolute Gasteiger partial charge is 0.336 e. The second kappa shape index (κ2) is 11.1. The summed E-state index contributed by atoms with van der Waals surface area (Å²) in [5.41, 5.74) is 0. The van der Waals surface area contributed by atoms with E-state index in [1.807, 2.05) is 0 Å². The van der Waals surface area contributed by atoms with Gasteiger partial charge in [-0.3, -0.25) is 0 Å². The van der Waals surface area contributed by atoms with Gasteiger partial charge in [0.1, 0.15) is 0 Å². The highest BCUT2D eigenvalue weighted by molar-refractivity contribution is 6.50. The minimum atomic E-state index is -0.524. The molecule has 0 spiro atoms. The van der Waals surface area contributed by atoms with Crippen molar-refractivity contribution in [2.24, 2.45) is 0 Å². The van der Waals surface area contributed by atoms with Gasteiger partial charge >= 0.3 is 6.99 Å². The molecular formula is C12H26BF. The number of hydrogen-bond acceptors (Lipinski definition) is 0. The van der Waals surface area contributed by atoms with E-state index in [1.165, 1.54) is 38.5 Å². The summed E-state index contributed by atoms with van der Waals surface area (Å²) in [5.74, 6) is 0. The summed E-state index contributed by atoms with van der Waals surface area (Å²) >= 11 is 0. The van der Waals surface area contributed by atoms with E-state index >= 15 is 0 Å². The SMILES string of the molecule is CCCCCCB(F)CCCCCC. The van der Waals surface area contributed by atoms with Gasteiger partial charge in [-0.1, -0.05) is 65.2 Å². The second-order valence-electron chi connectivity index (χ2n) is 4.30. The zero-order chi connectivity index (χ0) is 10.6. The molecule has 0 radical (unpaired) electrons. The molecule has 84 valence electrons. The van der Waals surface area contributed by atoms with Gasteiger partial charge in [-0.2, -0.15) is 0 Å². The van der Waals surface area contributed by atoms with Gasteiger partial charge in [-0.25, -0.2) is 0 Å². The second-order valence-corrected chi connectivity index (χ2v) is 4.30. The Hall–Kier alpha value is -0.00506. The van der Waals surface area contributed by atoms with Crippen LogP contribution in [0.3, 0.4) is 0 Å². The van der Waals surface area contributed by atoms with E-state index in [0.29, 0.717) is 0 Å². The van der Waals surface area contributed by atoms with Crippen LogP contribution in [0.25, 0.3) is 0 Å². The van der Waals surface area contributed by atoms with Crippen molar-refractivity contribution in [2.45, 2.75) is 77.9 Å². The number of rotatable bonds is 10. The van der Waals surface area contributed by atoms with Gasteiger partial charge in [0.25, 0.3) is 0 Å². The van der Waals surface area contributed by atoms with E-state index in [1.54, 1.807) is 0 Å². The fourth-order valence-electron chi connectivity index (χ4n) is 1.73. The molecule has 0 fully saturated rings. The lowest BCUT2D eigenvalue weighted by Gasteiger charge is -2.03. The number of hydrogen-bond donors (Lipinski definition) is 0. The van der Waals surface area contributed by atoms with Crippen LogP contribution in [-0.4, -0.2) is 6.99 Å². The Balaban J connectivity index is 3.07. The third kappa shape index (κ3) is 10.1. The molecule has 0 amide bonds. The molecule has 0 aromatic rings. The molecule has 0 atom stereocenters. The standard InChI is InChI=1S/C12H26BF/c1-3-5-7-9-11-13(14)12-10-8-6-4-2/h3-12H2,1-2H3. The highest BCUT2D eigenvalue weighted by Crippen LogP contribution is 2.13. The summed E-state index contributed by atoms with van der Waals surface area (Å²) < 4.78 is 13.3. The van der Waals surface area contributed by atoms with Crippen molar-refractivity contribution in [3.05, 3.63) is 0 Å². The van der Waals surface area contributed by atoms with Gasteiger partial charge in [-0.15, -0.1) is 0 Å². The third-order valence-corrected chi connectivity index (χ3v) is 2.74. The largest absolute Gasteiger partial charge is 0.348 e. The molecule has 0 bridgehead atoms. The average molecular weight is 200 g/mol. The number of halogens is 1. The van der Waals surface area contributed by atoms with Crippen molar-refractivity contribution in [3.8, 4) is 0 Å². The van der Waals surface area contributed by atoms with Gasteiger partial charge in [-0.05, 0) is 12.6 Å². The minimum absolute atomic E-state index is 0.524. The summed E-state index contributed by atoms with van der Waals surface area (Å²) in [6.07, 6.45) is 11.2. The van der Waals surface area contributed by atoms with E-state index in [2.05, 4.69) is 13.8 Å². The van der Waals surface area contributed by atoms with Crippen molar-refractivity contribution in [1.82, 2.24) is 0 Å². The van der Waals surface area contributed by atoms with E-state index in [9.17, 15) is 4.32 Å². The molecule has 0 aromatic heterocycles. The topological polar surface area (TPSA) is 0 Å². The van der Waals surface area contributed by atoms with Crippen LogP contribution in [0.4, 0.5) is 4.32 Å². The van der Waals surface area contributed by atoms with Gasteiger partial charge in [0.2, 0.25) is 0 Å². The summed E-state index contributed by atoms with van der Waals surface area (Å²) in [4.78, 5) is 0. The first-order valence-electron chi connectivity index (χ1n) is 6.45. The molecule has 0 saturated carbocycles. The Morgan fingerprint density at radius 1 is 0.714 bits per heavy atom. The maximum absolute atomic E-state index is 13.3. The molecule has 14 heavy (non-hydrogen) atoms. The highest BCUT2D eigenvalue weighted by atomic mass is 19.1. The fourth-order valence-corrected chi connectivity index (χ4v) is 1.73. The quantitative estimate of drug-likeness (QED) is 0.339. The molecule has 0 nitrogen and oxygen atoms in total. The zero-order valence-electron chi connectivity index (χ0n) is 10.0. The van der Waals surface area contributed by atoms with Crippen LogP contribution < -0.4 is 0 Å². The Morgan fingerprint density at radius 3 is 1.50 bits per heavy atom. The van der Waals surface area contributed by atoms with E-state index in [0.717, 1.165) is 25.5 Å². The molecule has 2 heteroatoms. The lowest BCUT2D eigenvalue weighted by molar-refractivity contribution is 0.660. The van der Waals surface area contributed by atoms with Crippen molar-refractivity contribution in [2.75, 3.05) is 0 Å². The van der Waals surface area contributed by atoms with Gasteiger partial charge in [0.15, 0.2) is 0 Å². The summed E-state index contributed by atoms with van der Waals surface area (Å²) in [6, 6.07) is 0. The van der Waals surface area contributed by atoms with Gasteiger partial charge in [0.05, 0.1) is 0 Å². The average Bonchev–Trinajstić information content (AvgIpc) is 2.19. The first-order chi connectivity index (χ1) is 6.81. The fraction of sp³-hybridized carbons (Fsp3) is 1.00. The number of unbranched alkanes of at least 4 members (excludes halogenated alkanes) is 6. The molecule has 0 aromatic carbocycles. The normalized spacial score (nSPS) is 10.5. The van der Waals surface area contributed by atoms with Crippen LogP contribution in [0.1, 0.15) is 65.2 Å². The predicted octanol–water partition coefficient (Wildman–Crippen LogP) is 5.11. The molecular weight excluding hydrogens is 174 g/mol. The van der Waals surface area contributed by atoms with Crippen LogP contribution in [-0.2, 0) is 0 Å². The van der Waals surface area contributed by atoms with Gasteiger partial charge in [0, 0.05) is 0 Å². The van der Waals surface area contributed by atoms with Crippen molar-refractivity contribution < 1.29 is 4.32 Å². The van der Waals surface area contributed by atoms with Crippen molar-refractivity contribution in [3.63, 3.8) is 0 Å². The lowest BCUT2D eigenvalue weighted by Crippen LogP contribution is -2.04. The Labute approximate surface area is 89.8 Å². The van der Waals surface area contributed by atoms with E-state index in [4.69, 9.17) is 0 Å². The molecule has 0 aliphatic heterocycles. The predicted molar refractivity (Wildman–Crippen MR) is 64.8 cm³/mol. The molecule has 0 N–H and O–H groups in total. The Morgan fingerprint density at radius 2 is 1.14 bits per heavy atom. The lowest BCUT2D eigenvalue weighted by atomic mass is 9.62. The highest BCUT2D eigenvalue weighted by Gasteiger charge is 2.11. The first kappa shape index (κ1) is 14.0. The third-order valence-electron chi connectivity index (χ3n) is 2.74. The summed E-state index contributed by atoms with van der Waals surface area (Å²) in [7, 11) is 0. The Bertz CT molecular complexity index is 94.5. The minimum Gasteiger partial charge on any atom is -0.336 e. The molecule has 0 aliphatic carbocycles. The van der Waals surface area contributed by atoms with Crippen LogP contribution in [0.2, 0.25) is 12.6 Å². The summed E-state index contributed by atoms with van der Waals surface area (Å²) in [6.45, 7) is 3.86. The Kier molecular flexibility index (Phi) is 11.1. The van der Waals surface area contributed by atoms with Gasteiger partial charge < -0.3 is 4.32 Å². The van der Waals surface area contributed by atoms with E-state index < -0.39 is 6.99 Å². The van der Waals surface area contributed by atoms with Crippen LogP contribution >= 0.6 is 0 Å². The molecule has 0 heterocycles. The molecule has 0 unspecified atom stereocenters. The summed E-state index contributed by atoms with van der Waals surface area (Å²) in [5, 5.41) is 0. The zero-order valence-corrected chi connectivity index (χ0v) is 10.0. The van der Waals surface area contributed by atoms with Crippen molar-refractivity contribution >= 4 is 6.99 Å².